The molecule has 0 spiro atoms. The lowest BCUT2D eigenvalue weighted by atomic mass is 10.2. The molecule has 1 saturated heterocycles. The van der Waals surface area contributed by atoms with Gasteiger partial charge in [0.2, 0.25) is 0 Å². The van der Waals surface area contributed by atoms with Gasteiger partial charge in [-0.05, 0) is 35.8 Å². The van der Waals surface area contributed by atoms with Crippen molar-refractivity contribution in [3.8, 4) is 11.5 Å². The molecule has 2 heterocycles. The molecule has 4 rings (SSSR count). The molecular formula is C20H21N3O3S. The molecule has 6 nitrogen and oxygen atoms in total. The molecule has 0 N–H and O–H groups in total. The van der Waals surface area contributed by atoms with Gasteiger partial charge in [0.1, 0.15) is 5.82 Å². The molecule has 0 bridgehead atoms. The number of methoxy groups -OCH3 is 1. The Kier molecular flexibility index (Phi) is 5.11. The van der Waals surface area contributed by atoms with Gasteiger partial charge in [-0.1, -0.05) is 24.3 Å². The molecule has 1 amide bonds. The van der Waals surface area contributed by atoms with Crippen molar-refractivity contribution in [1.29, 1.82) is 0 Å². The standard InChI is InChI=1S/C20H21N3O3S/c1-25-16-7-3-4-8-17(16)26-14-19(24)22-10-12-23(13-11-22)20-15-6-2-5-9-18(15)27-21-20/h2-9H,10-14H2,1H3. The van der Waals surface area contributed by atoms with E-state index in [0.29, 0.717) is 24.6 Å². The van der Waals surface area contributed by atoms with Gasteiger partial charge < -0.3 is 19.3 Å². The second kappa shape index (κ2) is 7.84. The summed E-state index contributed by atoms with van der Waals surface area (Å²) in [5.74, 6) is 2.23. The van der Waals surface area contributed by atoms with Gasteiger partial charge in [0, 0.05) is 31.6 Å². The number of carbonyl (C=O) groups is 1. The lowest BCUT2D eigenvalue weighted by molar-refractivity contribution is -0.133. The van der Waals surface area contributed by atoms with Crippen molar-refractivity contribution in [2.45, 2.75) is 0 Å². The van der Waals surface area contributed by atoms with Crippen LogP contribution in [0.5, 0.6) is 11.5 Å². The average molecular weight is 383 g/mol. The number of aromatic nitrogens is 1. The van der Waals surface area contributed by atoms with Crippen molar-refractivity contribution < 1.29 is 14.3 Å². The van der Waals surface area contributed by atoms with Gasteiger partial charge in [0.15, 0.2) is 18.1 Å². The summed E-state index contributed by atoms with van der Waals surface area (Å²) in [4.78, 5) is 16.6. The molecule has 0 aliphatic carbocycles. The second-order valence-electron chi connectivity index (χ2n) is 6.31. The minimum Gasteiger partial charge on any atom is -0.493 e. The maximum atomic E-state index is 12.5. The Morgan fingerprint density at radius 2 is 1.74 bits per heavy atom. The van der Waals surface area contributed by atoms with E-state index in [1.807, 2.05) is 35.2 Å². The zero-order chi connectivity index (χ0) is 18.6. The van der Waals surface area contributed by atoms with E-state index in [1.165, 1.54) is 21.6 Å². The van der Waals surface area contributed by atoms with Gasteiger partial charge in [-0.2, -0.15) is 4.37 Å². The van der Waals surface area contributed by atoms with Gasteiger partial charge in [-0.3, -0.25) is 4.79 Å². The second-order valence-corrected chi connectivity index (χ2v) is 7.11. The van der Waals surface area contributed by atoms with Crippen LogP contribution in [0.2, 0.25) is 0 Å². The SMILES string of the molecule is COc1ccccc1OCC(=O)N1CCN(c2nsc3ccccc23)CC1. The highest BCUT2D eigenvalue weighted by atomic mass is 32.1. The van der Waals surface area contributed by atoms with Gasteiger partial charge in [0.25, 0.3) is 5.91 Å². The molecule has 3 aromatic rings. The summed E-state index contributed by atoms with van der Waals surface area (Å²) in [5, 5.41) is 1.18. The third-order valence-corrected chi connectivity index (χ3v) is 5.53. The highest BCUT2D eigenvalue weighted by molar-refractivity contribution is 7.13. The number of rotatable bonds is 5. The van der Waals surface area contributed by atoms with E-state index in [0.717, 1.165) is 18.9 Å². The quantitative estimate of drug-likeness (QED) is 0.678. The van der Waals surface area contributed by atoms with Crippen LogP contribution in [0.3, 0.4) is 0 Å². The van der Waals surface area contributed by atoms with Gasteiger partial charge in [0.05, 0.1) is 11.8 Å². The summed E-state index contributed by atoms with van der Waals surface area (Å²) in [6.45, 7) is 2.89. The fourth-order valence-corrected chi connectivity index (χ4v) is 4.03. The van der Waals surface area contributed by atoms with E-state index in [1.54, 1.807) is 13.2 Å². The highest BCUT2D eigenvalue weighted by Crippen LogP contribution is 2.30. The largest absolute Gasteiger partial charge is 0.493 e. The Labute approximate surface area is 162 Å². The highest BCUT2D eigenvalue weighted by Gasteiger charge is 2.24. The summed E-state index contributed by atoms with van der Waals surface area (Å²) >= 11 is 1.52. The number of carbonyl (C=O) groups excluding carboxylic acids is 1. The number of benzene rings is 2. The molecule has 2 aromatic carbocycles. The van der Waals surface area contributed by atoms with E-state index in [2.05, 4.69) is 21.4 Å². The van der Waals surface area contributed by atoms with Crippen molar-refractivity contribution in [2.24, 2.45) is 0 Å². The molecule has 0 radical (unpaired) electrons. The number of piperazine rings is 1. The topological polar surface area (TPSA) is 54.9 Å². The Balaban J connectivity index is 1.34. The van der Waals surface area contributed by atoms with Crippen LogP contribution >= 0.6 is 11.5 Å². The molecule has 0 atom stereocenters. The fraction of sp³-hybridized carbons (Fsp3) is 0.300. The van der Waals surface area contributed by atoms with Crippen molar-refractivity contribution in [3.63, 3.8) is 0 Å². The van der Waals surface area contributed by atoms with Crippen LogP contribution in [0.25, 0.3) is 10.1 Å². The predicted molar refractivity (Wildman–Crippen MR) is 107 cm³/mol. The first-order chi connectivity index (χ1) is 13.3. The maximum Gasteiger partial charge on any atom is 0.260 e. The molecule has 7 heteroatoms. The molecule has 1 aliphatic rings. The van der Waals surface area contributed by atoms with Crippen LogP contribution in [-0.2, 0) is 4.79 Å². The molecule has 1 aromatic heterocycles. The Morgan fingerprint density at radius 1 is 1.04 bits per heavy atom. The van der Waals surface area contributed by atoms with E-state index in [-0.39, 0.29) is 12.5 Å². The number of hydrogen-bond acceptors (Lipinski definition) is 6. The number of para-hydroxylation sites is 2. The van der Waals surface area contributed by atoms with Crippen LogP contribution < -0.4 is 14.4 Å². The van der Waals surface area contributed by atoms with E-state index in [9.17, 15) is 4.79 Å². The summed E-state index contributed by atoms with van der Waals surface area (Å²) < 4.78 is 16.7. The molecule has 27 heavy (non-hydrogen) atoms. The lowest BCUT2D eigenvalue weighted by Gasteiger charge is -2.35. The zero-order valence-corrected chi connectivity index (χ0v) is 15.9. The Morgan fingerprint density at radius 3 is 2.52 bits per heavy atom. The normalized spacial score (nSPS) is 14.4. The molecule has 1 aliphatic heterocycles. The third kappa shape index (κ3) is 3.68. The van der Waals surface area contributed by atoms with Gasteiger partial charge >= 0.3 is 0 Å². The Bertz CT molecular complexity index is 935. The first-order valence-electron chi connectivity index (χ1n) is 8.89. The first-order valence-corrected chi connectivity index (χ1v) is 9.66. The minimum absolute atomic E-state index is 0.0105. The van der Waals surface area contributed by atoms with Gasteiger partial charge in [-0.25, -0.2) is 0 Å². The number of nitrogens with zero attached hydrogens (tertiary/aromatic N) is 3. The number of anilines is 1. The summed E-state index contributed by atoms with van der Waals surface area (Å²) in [7, 11) is 1.59. The van der Waals surface area contributed by atoms with Crippen molar-refractivity contribution in [1.82, 2.24) is 9.27 Å². The number of ether oxygens (including phenoxy) is 2. The maximum absolute atomic E-state index is 12.5. The van der Waals surface area contributed by atoms with Crippen molar-refractivity contribution in [3.05, 3.63) is 48.5 Å². The van der Waals surface area contributed by atoms with Crippen LogP contribution in [-0.4, -0.2) is 55.1 Å². The van der Waals surface area contributed by atoms with E-state index in [4.69, 9.17) is 9.47 Å². The molecule has 0 unspecified atom stereocenters. The molecule has 1 fully saturated rings. The first kappa shape index (κ1) is 17.6. The number of hydrogen-bond donors (Lipinski definition) is 0. The van der Waals surface area contributed by atoms with Crippen molar-refractivity contribution in [2.75, 3.05) is 44.8 Å². The zero-order valence-electron chi connectivity index (χ0n) is 15.1. The minimum atomic E-state index is -0.0105. The van der Waals surface area contributed by atoms with E-state index < -0.39 is 0 Å². The van der Waals surface area contributed by atoms with Crippen LogP contribution in [0.15, 0.2) is 48.5 Å². The lowest BCUT2D eigenvalue weighted by Crippen LogP contribution is -2.50. The van der Waals surface area contributed by atoms with Crippen LogP contribution in [0, 0.1) is 0 Å². The van der Waals surface area contributed by atoms with E-state index >= 15 is 0 Å². The third-order valence-electron chi connectivity index (χ3n) is 4.71. The Hall–Kier alpha value is -2.80. The fourth-order valence-electron chi connectivity index (χ4n) is 3.24. The van der Waals surface area contributed by atoms with Crippen LogP contribution in [0.1, 0.15) is 0 Å². The molecule has 0 saturated carbocycles. The van der Waals surface area contributed by atoms with Crippen molar-refractivity contribution >= 4 is 33.3 Å². The van der Waals surface area contributed by atoms with Crippen LogP contribution in [0.4, 0.5) is 5.82 Å². The van der Waals surface area contributed by atoms with Gasteiger partial charge in [-0.15, -0.1) is 0 Å². The predicted octanol–water partition coefficient (Wildman–Crippen LogP) is 3.03. The number of amides is 1. The smallest absolute Gasteiger partial charge is 0.260 e. The summed E-state index contributed by atoms with van der Waals surface area (Å²) in [6.07, 6.45) is 0. The summed E-state index contributed by atoms with van der Waals surface area (Å²) in [6, 6.07) is 15.6. The molecule has 140 valence electrons. The monoisotopic (exact) mass is 383 g/mol. The number of fused-ring (bicyclic) bond motifs is 1. The average Bonchev–Trinajstić information content (AvgIpc) is 3.16. The summed E-state index contributed by atoms with van der Waals surface area (Å²) in [5.41, 5.74) is 0. The molecular weight excluding hydrogens is 362 g/mol.